The summed E-state index contributed by atoms with van der Waals surface area (Å²) in [6.45, 7) is 12.7. The fraction of sp³-hybridized carbons (Fsp3) is 0.750. The molecule has 102 valence electrons. The van der Waals surface area contributed by atoms with Crippen LogP contribution in [0.3, 0.4) is 0 Å². The van der Waals surface area contributed by atoms with Crippen LogP contribution in [-0.4, -0.2) is 6.54 Å². The van der Waals surface area contributed by atoms with E-state index in [1.165, 1.54) is 29.7 Å². The molecule has 1 aromatic rings. The molecule has 0 saturated heterocycles. The van der Waals surface area contributed by atoms with Gasteiger partial charge in [-0.05, 0) is 56.2 Å². The lowest BCUT2D eigenvalue weighted by atomic mass is 9.76. The minimum Gasteiger partial charge on any atom is -0.309 e. The van der Waals surface area contributed by atoms with Gasteiger partial charge in [0.25, 0.3) is 0 Å². The van der Waals surface area contributed by atoms with Gasteiger partial charge in [0.1, 0.15) is 0 Å². The monoisotopic (exact) mass is 265 g/mol. The minimum absolute atomic E-state index is 0.483. The van der Waals surface area contributed by atoms with Crippen molar-refractivity contribution in [3.63, 3.8) is 0 Å². The van der Waals surface area contributed by atoms with Crippen LogP contribution in [0.1, 0.15) is 61.4 Å². The molecule has 1 N–H and O–H groups in total. The van der Waals surface area contributed by atoms with Crippen molar-refractivity contribution < 1.29 is 0 Å². The van der Waals surface area contributed by atoms with Crippen molar-refractivity contribution in [2.75, 3.05) is 6.54 Å². The molecule has 2 atom stereocenters. The molecule has 0 aromatic carbocycles. The first kappa shape index (κ1) is 14.1. The van der Waals surface area contributed by atoms with E-state index in [0.717, 1.165) is 12.5 Å². The van der Waals surface area contributed by atoms with Gasteiger partial charge in [-0.2, -0.15) is 0 Å². The van der Waals surface area contributed by atoms with Gasteiger partial charge in [0.2, 0.25) is 0 Å². The zero-order chi connectivity index (χ0) is 13.3. The first-order valence-electron chi connectivity index (χ1n) is 7.26. The Morgan fingerprint density at radius 2 is 2.17 bits per heavy atom. The van der Waals surface area contributed by atoms with Crippen molar-refractivity contribution in [1.82, 2.24) is 5.32 Å². The van der Waals surface area contributed by atoms with Gasteiger partial charge in [-0.3, -0.25) is 0 Å². The lowest BCUT2D eigenvalue weighted by molar-refractivity contribution is 0.201. The second-order valence-electron chi connectivity index (χ2n) is 6.43. The molecule has 2 rings (SSSR count). The Hall–Kier alpha value is -0.340. The normalized spacial score (nSPS) is 24.4. The van der Waals surface area contributed by atoms with Crippen LogP contribution in [-0.2, 0) is 0 Å². The first-order valence-corrected chi connectivity index (χ1v) is 8.07. The van der Waals surface area contributed by atoms with Gasteiger partial charge in [0.15, 0.2) is 0 Å². The molecule has 2 heteroatoms. The highest BCUT2D eigenvalue weighted by Crippen LogP contribution is 2.50. The second kappa shape index (κ2) is 5.34. The summed E-state index contributed by atoms with van der Waals surface area (Å²) in [5, 5.41) is 3.76. The van der Waals surface area contributed by atoms with Crippen LogP contribution >= 0.6 is 11.3 Å². The van der Waals surface area contributed by atoms with Crippen molar-refractivity contribution in [2.45, 2.75) is 59.9 Å². The lowest BCUT2D eigenvalue weighted by Gasteiger charge is -2.34. The van der Waals surface area contributed by atoms with Crippen LogP contribution < -0.4 is 5.32 Å². The Balaban J connectivity index is 2.31. The second-order valence-corrected chi connectivity index (χ2v) is 7.71. The Bertz CT molecular complexity index is 405. The average Bonchev–Trinajstić information content (AvgIpc) is 2.78. The zero-order valence-electron chi connectivity index (χ0n) is 12.5. The van der Waals surface area contributed by atoms with Crippen LogP contribution in [0.4, 0.5) is 0 Å². The molecule has 0 aliphatic heterocycles. The van der Waals surface area contributed by atoms with E-state index in [9.17, 15) is 0 Å². The standard InChI is InChI=1S/C16H27NS/c1-6-17-14(13-8-7-9-16(13,4)5)15-11(2)10-12(3)18-15/h10,13-14,17H,6-9H2,1-5H3. The number of hydrogen-bond donors (Lipinski definition) is 1. The van der Waals surface area contributed by atoms with Gasteiger partial charge in [0.05, 0.1) is 0 Å². The SMILES string of the molecule is CCNC(c1sc(C)cc1C)C1CCCC1(C)C. The molecule has 1 aliphatic carbocycles. The summed E-state index contributed by atoms with van der Waals surface area (Å²) in [5.74, 6) is 0.786. The molecule has 1 aromatic heterocycles. The van der Waals surface area contributed by atoms with Crippen LogP contribution in [0.5, 0.6) is 0 Å². The van der Waals surface area contributed by atoms with Crippen molar-refractivity contribution in [1.29, 1.82) is 0 Å². The van der Waals surface area contributed by atoms with Crippen molar-refractivity contribution in [3.05, 3.63) is 21.4 Å². The largest absolute Gasteiger partial charge is 0.309 e. The fourth-order valence-electron chi connectivity index (χ4n) is 3.58. The molecular formula is C16H27NS. The molecule has 0 bridgehead atoms. The molecule has 0 radical (unpaired) electrons. The molecular weight excluding hydrogens is 238 g/mol. The van der Waals surface area contributed by atoms with Crippen LogP contribution in [0, 0.1) is 25.2 Å². The Labute approximate surface area is 116 Å². The smallest absolute Gasteiger partial charge is 0.0451 e. The van der Waals surface area contributed by atoms with Gasteiger partial charge < -0.3 is 5.32 Å². The third-order valence-electron chi connectivity index (χ3n) is 4.53. The van der Waals surface area contributed by atoms with Crippen molar-refractivity contribution >= 4 is 11.3 Å². The van der Waals surface area contributed by atoms with E-state index in [0.29, 0.717) is 11.5 Å². The Kier molecular flexibility index (Phi) is 4.18. The van der Waals surface area contributed by atoms with E-state index >= 15 is 0 Å². The summed E-state index contributed by atoms with van der Waals surface area (Å²) in [5.41, 5.74) is 1.96. The van der Waals surface area contributed by atoms with Gasteiger partial charge in [-0.1, -0.05) is 27.2 Å². The number of thiophene rings is 1. The minimum atomic E-state index is 0.483. The zero-order valence-corrected chi connectivity index (χ0v) is 13.3. The highest BCUT2D eigenvalue weighted by molar-refractivity contribution is 7.12. The number of rotatable bonds is 4. The maximum absolute atomic E-state index is 3.76. The molecule has 1 aliphatic rings. The van der Waals surface area contributed by atoms with Gasteiger partial charge >= 0.3 is 0 Å². The fourth-order valence-corrected chi connectivity index (χ4v) is 4.75. The Morgan fingerprint density at radius 3 is 2.61 bits per heavy atom. The number of aryl methyl sites for hydroxylation is 2. The summed E-state index contributed by atoms with van der Waals surface area (Å²) in [7, 11) is 0. The summed E-state index contributed by atoms with van der Waals surface area (Å²) in [6, 6.07) is 2.90. The average molecular weight is 265 g/mol. The van der Waals surface area contributed by atoms with Crippen LogP contribution in [0.15, 0.2) is 6.07 Å². The molecule has 1 saturated carbocycles. The Morgan fingerprint density at radius 1 is 1.44 bits per heavy atom. The van der Waals surface area contributed by atoms with E-state index in [-0.39, 0.29) is 0 Å². The van der Waals surface area contributed by atoms with E-state index in [4.69, 9.17) is 0 Å². The van der Waals surface area contributed by atoms with Crippen molar-refractivity contribution in [2.24, 2.45) is 11.3 Å². The van der Waals surface area contributed by atoms with E-state index < -0.39 is 0 Å². The topological polar surface area (TPSA) is 12.0 Å². The molecule has 1 fully saturated rings. The first-order chi connectivity index (χ1) is 8.45. The van der Waals surface area contributed by atoms with Crippen molar-refractivity contribution in [3.8, 4) is 0 Å². The predicted octanol–water partition coefficient (Wildman–Crippen LogP) is 4.84. The van der Waals surface area contributed by atoms with Crippen LogP contribution in [0.25, 0.3) is 0 Å². The summed E-state index contributed by atoms with van der Waals surface area (Å²) in [6.07, 6.45) is 4.15. The highest BCUT2D eigenvalue weighted by atomic mass is 32.1. The quantitative estimate of drug-likeness (QED) is 0.821. The molecule has 18 heavy (non-hydrogen) atoms. The molecule has 2 unspecified atom stereocenters. The van der Waals surface area contributed by atoms with Gasteiger partial charge in [0, 0.05) is 15.8 Å². The maximum Gasteiger partial charge on any atom is 0.0451 e. The van der Waals surface area contributed by atoms with E-state index in [1.54, 1.807) is 4.88 Å². The third-order valence-corrected chi connectivity index (χ3v) is 5.76. The van der Waals surface area contributed by atoms with Gasteiger partial charge in [-0.15, -0.1) is 11.3 Å². The number of hydrogen-bond acceptors (Lipinski definition) is 2. The van der Waals surface area contributed by atoms with Gasteiger partial charge in [-0.25, -0.2) is 0 Å². The number of nitrogens with one attached hydrogen (secondary N) is 1. The molecule has 0 spiro atoms. The van der Waals surface area contributed by atoms with E-state index in [2.05, 4.69) is 46.0 Å². The molecule has 1 heterocycles. The highest BCUT2D eigenvalue weighted by Gasteiger charge is 2.40. The van der Waals surface area contributed by atoms with Crippen LogP contribution in [0.2, 0.25) is 0 Å². The van der Waals surface area contributed by atoms with E-state index in [1.807, 2.05) is 11.3 Å². The predicted molar refractivity (Wildman–Crippen MR) is 81.3 cm³/mol. The summed E-state index contributed by atoms with van der Waals surface area (Å²) < 4.78 is 0. The molecule has 0 amide bonds. The lowest BCUT2D eigenvalue weighted by Crippen LogP contribution is -2.33. The molecule has 1 nitrogen and oxygen atoms in total. The maximum atomic E-state index is 3.76. The third kappa shape index (κ3) is 2.65. The summed E-state index contributed by atoms with van der Waals surface area (Å²) in [4.78, 5) is 3.02. The summed E-state index contributed by atoms with van der Waals surface area (Å²) >= 11 is 1.99.